The lowest BCUT2D eigenvalue weighted by molar-refractivity contribution is 0.634. The van der Waals surface area contributed by atoms with Gasteiger partial charge >= 0.3 is 0 Å². The van der Waals surface area contributed by atoms with Crippen molar-refractivity contribution >= 4 is 38.6 Å². The van der Waals surface area contributed by atoms with Crippen LogP contribution in [0.15, 0.2) is 46.9 Å². The molecule has 0 fully saturated rings. The number of halogens is 2. The number of para-hydroxylation sites is 1. The Morgan fingerprint density at radius 2 is 1.90 bits per heavy atom. The highest BCUT2D eigenvalue weighted by Crippen LogP contribution is 2.28. The SMILES string of the molecule is Cc1cccc2c1nc(CCl)n2C(C)c1ccc(Br)cc1. The molecule has 0 aliphatic carbocycles. The van der Waals surface area contributed by atoms with Gasteiger partial charge in [0.05, 0.1) is 23.0 Å². The number of rotatable bonds is 3. The molecule has 1 atom stereocenters. The minimum absolute atomic E-state index is 0.193. The van der Waals surface area contributed by atoms with Crippen LogP contribution >= 0.6 is 27.5 Å². The number of aryl methyl sites for hydroxylation is 1. The van der Waals surface area contributed by atoms with E-state index in [1.165, 1.54) is 11.1 Å². The highest BCUT2D eigenvalue weighted by Gasteiger charge is 2.17. The Kier molecular flexibility index (Phi) is 4.05. The van der Waals surface area contributed by atoms with Crippen LogP contribution < -0.4 is 0 Å². The van der Waals surface area contributed by atoms with E-state index < -0.39 is 0 Å². The van der Waals surface area contributed by atoms with Crippen molar-refractivity contribution in [1.82, 2.24) is 9.55 Å². The molecule has 108 valence electrons. The van der Waals surface area contributed by atoms with Gasteiger partial charge in [0.15, 0.2) is 0 Å². The molecule has 1 heterocycles. The Morgan fingerprint density at radius 3 is 2.57 bits per heavy atom. The molecule has 0 radical (unpaired) electrons. The first kappa shape index (κ1) is 14.6. The van der Waals surface area contributed by atoms with Crippen LogP contribution in [0.1, 0.15) is 29.9 Å². The summed E-state index contributed by atoms with van der Waals surface area (Å²) in [6, 6.07) is 14.9. The monoisotopic (exact) mass is 362 g/mol. The lowest BCUT2D eigenvalue weighted by Crippen LogP contribution is -2.09. The average Bonchev–Trinajstić information content (AvgIpc) is 2.87. The molecule has 21 heavy (non-hydrogen) atoms. The second-order valence-corrected chi connectivity index (χ2v) is 6.38. The number of hydrogen-bond acceptors (Lipinski definition) is 1. The summed E-state index contributed by atoms with van der Waals surface area (Å²) in [5.74, 6) is 1.33. The van der Waals surface area contributed by atoms with E-state index in [1.54, 1.807) is 0 Å². The van der Waals surface area contributed by atoms with E-state index in [2.05, 4.69) is 76.8 Å². The summed E-state index contributed by atoms with van der Waals surface area (Å²) < 4.78 is 3.32. The topological polar surface area (TPSA) is 17.8 Å². The summed E-state index contributed by atoms with van der Waals surface area (Å²) in [5, 5.41) is 0. The minimum atomic E-state index is 0.193. The number of aromatic nitrogens is 2. The van der Waals surface area contributed by atoms with E-state index in [0.717, 1.165) is 21.3 Å². The smallest absolute Gasteiger partial charge is 0.125 e. The van der Waals surface area contributed by atoms with Crippen LogP contribution in [0.2, 0.25) is 0 Å². The van der Waals surface area contributed by atoms with Crippen molar-refractivity contribution in [3.63, 3.8) is 0 Å². The molecule has 2 nitrogen and oxygen atoms in total. The molecule has 4 heteroatoms. The summed E-state index contributed by atoms with van der Waals surface area (Å²) in [6.45, 7) is 4.27. The minimum Gasteiger partial charge on any atom is -0.320 e. The summed E-state index contributed by atoms with van der Waals surface area (Å²) in [4.78, 5) is 4.72. The fourth-order valence-electron chi connectivity index (χ4n) is 2.72. The molecule has 0 spiro atoms. The van der Waals surface area contributed by atoms with Gasteiger partial charge in [0, 0.05) is 4.47 Å². The van der Waals surface area contributed by atoms with Crippen molar-refractivity contribution in [3.8, 4) is 0 Å². The first-order valence-electron chi connectivity index (χ1n) is 6.89. The molecule has 0 saturated heterocycles. The quantitative estimate of drug-likeness (QED) is 0.565. The van der Waals surface area contributed by atoms with Crippen LogP contribution in [0, 0.1) is 6.92 Å². The fraction of sp³-hybridized carbons (Fsp3) is 0.235. The second-order valence-electron chi connectivity index (χ2n) is 5.20. The third-order valence-corrected chi connectivity index (χ3v) is 4.62. The van der Waals surface area contributed by atoms with Gasteiger partial charge in [0.25, 0.3) is 0 Å². The highest BCUT2D eigenvalue weighted by atomic mass is 79.9. The van der Waals surface area contributed by atoms with Crippen LogP contribution in [0.25, 0.3) is 11.0 Å². The number of fused-ring (bicyclic) bond motifs is 1. The van der Waals surface area contributed by atoms with Crippen LogP contribution in [-0.4, -0.2) is 9.55 Å². The predicted molar refractivity (Wildman–Crippen MR) is 92.0 cm³/mol. The van der Waals surface area contributed by atoms with Crippen molar-refractivity contribution in [2.24, 2.45) is 0 Å². The van der Waals surface area contributed by atoms with Gasteiger partial charge in [-0.15, -0.1) is 11.6 Å². The van der Waals surface area contributed by atoms with Gasteiger partial charge in [-0.2, -0.15) is 0 Å². The molecular weight excluding hydrogens is 348 g/mol. The number of nitrogens with zero attached hydrogens (tertiary/aromatic N) is 2. The molecule has 1 aromatic heterocycles. The molecule has 1 unspecified atom stereocenters. The number of benzene rings is 2. The molecule has 2 aromatic carbocycles. The summed E-state index contributed by atoms with van der Waals surface area (Å²) in [5.41, 5.74) is 4.60. The maximum atomic E-state index is 6.12. The third kappa shape index (κ3) is 2.60. The number of alkyl halides is 1. The van der Waals surface area contributed by atoms with E-state index >= 15 is 0 Å². The maximum absolute atomic E-state index is 6.12. The largest absolute Gasteiger partial charge is 0.320 e. The normalized spacial score (nSPS) is 12.8. The Balaban J connectivity index is 2.18. The zero-order chi connectivity index (χ0) is 15.0. The molecule has 3 rings (SSSR count). The van der Waals surface area contributed by atoms with Crippen LogP contribution in [0.5, 0.6) is 0 Å². The third-order valence-electron chi connectivity index (χ3n) is 3.85. The van der Waals surface area contributed by atoms with Crippen molar-refractivity contribution < 1.29 is 0 Å². The average molecular weight is 364 g/mol. The first-order valence-corrected chi connectivity index (χ1v) is 8.22. The maximum Gasteiger partial charge on any atom is 0.125 e. The zero-order valence-corrected chi connectivity index (χ0v) is 14.3. The Hall–Kier alpha value is -1.32. The van der Waals surface area contributed by atoms with Crippen molar-refractivity contribution in [3.05, 3.63) is 63.9 Å². The van der Waals surface area contributed by atoms with E-state index in [0.29, 0.717) is 5.88 Å². The summed E-state index contributed by atoms with van der Waals surface area (Å²) in [7, 11) is 0. The van der Waals surface area contributed by atoms with Gasteiger partial charge in [0.2, 0.25) is 0 Å². The van der Waals surface area contributed by atoms with Gasteiger partial charge in [-0.05, 0) is 43.2 Å². The van der Waals surface area contributed by atoms with Gasteiger partial charge in [0.1, 0.15) is 5.82 Å². The first-order chi connectivity index (χ1) is 10.1. The molecular formula is C17H16BrClN2. The lowest BCUT2D eigenvalue weighted by atomic mass is 10.1. The molecule has 0 bridgehead atoms. The van der Waals surface area contributed by atoms with E-state index in [-0.39, 0.29) is 6.04 Å². The molecule has 0 amide bonds. The standard InChI is InChI=1S/C17H16BrClN2/c1-11-4-3-5-15-17(11)20-16(10-19)21(15)12(2)13-6-8-14(18)9-7-13/h3-9,12H,10H2,1-2H3. The molecule has 3 aromatic rings. The van der Waals surface area contributed by atoms with E-state index in [9.17, 15) is 0 Å². The zero-order valence-electron chi connectivity index (χ0n) is 12.0. The van der Waals surface area contributed by atoms with Crippen LogP contribution in [0.3, 0.4) is 0 Å². The number of imidazole rings is 1. The van der Waals surface area contributed by atoms with Crippen LogP contribution in [0.4, 0.5) is 0 Å². The Bertz CT molecular complexity index is 777. The van der Waals surface area contributed by atoms with Gasteiger partial charge in [-0.1, -0.05) is 40.2 Å². The fourth-order valence-corrected chi connectivity index (χ4v) is 3.17. The Labute approximate surface area is 137 Å². The van der Waals surface area contributed by atoms with Crippen LogP contribution in [-0.2, 0) is 5.88 Å². The van der Waals surface area contributed by atoms with Gasteiger partial charge in [-0.3, -0.25) is 0 Å². The lowest BCUT2D eigenvalue weighted by Gasteiger charge is -2.17. The summed E-state index contributed by atoms with van der Waals surface area (Å²) >= 11 is 9.60. The summed E-state index contributed by atoms with van der Waals surface area (Å²) in [6.07, 6.45) is 0. The van der Waals surface area contributed by atoms with Gasteiger partial charge < -0.3 is 4.57 Å². The molecule has 0 N–H and O–H groups in total. The van der Waals surface area contributed by atoms with Crippen molar-refractivity contribution in [2.45, 2.75) is 25.8 Å². The molecule has 0 aliphatic rings. The van der Waals surface area contributed by atoms with E-state index in [4.69, 9.17) is 16.6 Å². The van der Waals surface area contributed by atoms with Crippen molar-refractivity contribution in [1.29, 1.82) is 0 Å². The number of hydrogen-bond donors (Lipinski definition) is 0. The van der Waals surface area contributed by atoms with Gasteiger partial charge in [-0.25, -0.2) is 4.98 Å². The highest BCUT2D eigenvalue weighted by molar-refractivity contribution is 9.10. The predicted octanol–water partition coefficient (Wildman–Crippen LogP) is 5.46. The van der Waals surface area contributed by atoms with Crippen molar-refractivity contribution in [2.75, 3.05) is 0 Å². The molecule has 0 saturated carbocycles. The molecule has 0 aliphatic heterocycles. The van der Waals surface area contributed by atoms with E-state index in [1.807, 2.05) is 0 Å². The second kappa shape index (κ2) is 5.82. The Morgan fingerprint density at radius 1 is 1.19 bits per heavy atom.